The fourth-order valence-electron chi connectivity index (χ4n) is 1.63. The molecule has 0 heterocycles. The highest BCUT2D eigenvalue weighted by molar-refractivity contribution is 5.83. The summed E-state index contributed by atoms with van der Waals surface area (Å²) in [6, 6.07) is 9.57. The Hall–Kier alpha value is -1.68. The highest BCUT2D eigenvalue weighted by Gasteiger charge is 2.11. The first-order chi connectivity index (χ1) is 8.11. The molecule has 0 saturated heterocycles. The maximum atomic E-state index is 11.8. The number of amides is 1. The third-order valence-corrected chi connectivity index (χ3v) is 2.47. The summed E-state index contributed by atoms with van der Waals surface area (Å²) in [5.74, 6) is -0.307. The van der Waals surface area contributed by atoms with E-state index in [2.05, 4.69) is 0 Å². The van der Waals surface area contributed by atoms with E-state index in [1.165, 1.54) is 0 Å². The van der Waals surface area contributed by atoms with Crippen LogP contribution >= 0.6 is 0 Å². The molecule has 4 nitrogen and oxygen atoms in total. The van der Waals surface area contributed by atoms with Gasteiger partial charge in [0.15, 0.2) is 5.78 Å². The van der Waals surface area contributed by atoms with Gasteiger partial charge in [-0.15, -0.1) is 0 Å². The molecule has 1 aromatic rings. The van der Waals surface area contributed by atoms with Gasteiger partial charge < -0.3 is 5.73 Å². The van der Waals surface area contributed by atoms with Crippen molar-refractivity contribution in [3.63, 3.8) is 0 Å². The van der Waals surface area contributed by atoms with Gasteiger partial charge in [0.25, 0.3) is 0 Å². The Labute approximate surface area is 101 Å². The molecule has 4 heteroatoms. The van der Waals surface area contributed by atoms with Crippen molar-refractivity contribution in [3.05, 3.63) is 35.9 Å². The van der Waals surface area contributed by atoms with Gasteiger partial charge in [-0.25, -0.2) is 0 Å². The van der Waals surface area contributed by atoms with E-state index < -0.39 is 5.91 Å². The lowest BCUT2D eigenvalue weighted by Gasteiger charge is -2.17. The third-order valence-electron chi connectivity index (χ3n) is 2.47. The molecule has 0 atom stereocenters. The van der Waals surface area contributed by atoms with E-state index in [9.17, 15) is 9.59 Å². The predicted octanol–water partition coefficient (Wildman–Crippen LogP) is 0.605. The molecule has 2 N–H and O–H groups in total. The molecule has 0 radical (unpaired) electrons. The van der Waals surface area contributed by atoms with Crippen molar-refractivity contribution in [1.29, 1.82) is 0 Å². The van der Waals surface area contributed by atoms with Gasteiger partial charge in [0.1, 0.15) is 0 Å². The number of primary amides is 1. The van der Waals surface area contributed by atoms with Crippen molar-refractivity contribution in [2.24, 2.45) is 5.73 Å². The van der Waals surface area contributed by atoms with E-state index in [4.69, 9.17) is 5.73 Å². The van der Waals surface area contributed by atoms with Crippen LogP contribution in [0, 0.1) is 0 Å². The van der Waals surface area contributed by atoms with Gasteiger partial charge in [-0.3, -0.25) is 14.5 Å². The molecule has 0 spiro atoms. The third kappa shape index (κ3) is 5.26. The molecule has 1 rings (SSSR count). The Morgan fingerprint density at radius 3 is 2.35 bits per heavy atom. The van der Waals surface area contributed by atoms with Gasteiger partial charge in [-0.2, -0.15) is 0 Å². The molecule has 1 aromatic carbocycles. The number of likely N-dealkylation sites (N-methyl/N-ethyl adjacent to an activating group) is 1. The molecule has 1 amide bonds. The van der Waals surface area contributed by atoms with Gasteiger partial charge in [0, 0.05) is 6.42 Å². The summed E-state index contributed by atoms with van der Waals surface area (Å²) in [6.45, 7) is 2.95. The van der Waals surface area contributed by atoms with Crippen LogP contribution in [0.5, 0.6) is 0 Å². The number of hydrogen-bond acceptors (Lipinski definition) is 3. The molecule has 0 aliphatic rings. The Morgan fingerprint density at radius 2 is 1.82 bits per heavy atom. The van der Waals surface area contributed by atoms with Crippen LogP contribution in [0.1, 0.15) is 12.5 Å². The van der Waals surface area contributed by atoms with Crippen LogP contribution in [0.3, 0.4) is 0 Å². The van der Waals surface area contributed by atoms with Gasteiger partial charge in [0.2, 0.25) is 5.91 Å². The monoisotopic (exact) mass is 234 g/mol. The van der Waals surface area contributed by atoms with Gasteiger partial charge in [-0.05, 0) is 12.1 Å². The first-order valence-corrected chi connectivity index (χ1v) is 5.68. The summed E-state index contributed by atoms with van der Waals surface area (Å²) in [7, 11) is 0. The second-order valence-corrected chi connectivity index (χ2v) is 3.97. The maximum absolute atomic E-state index is 11.8. The second kappa shape index (κ2) is 6.81. The summed E-state index contributed by atoms with van der Waals surface area (Å²) < 4.78 is 0. The lowest BCUT2D eigenvalue weighted by atomic mass is 10.1. The average molecular weight is 234 g/mol. The number of benzene rings is 1. The number of nitrogens with zero attached hydrogens (tertiary/aromatic N) is 1. The fourth-order valence-corrected chi connectivity index (χ4v) is 1.63. The zero-order valence-electron chi connectivity index (χ0n) is 10.1. The van der Waals surface area contributed by atoms with Crippen LogP contribution < -0.4 is 5.73 Å². The Bertz CT molecular complexity index is 376. The van der Waals surface area contributed by atoms with Crippen molar-refractivity contribution in [3.8, 4) is 0 Å². The Morgan fingerprint density at radius 1 is 1.18 bits per heavy atom. The van der Waals surface area contributed by atoms with Crippen LogP contribution in [0.15, 0.2) is 30.3 Å². The van der Waals surface area contributed by atoms with Crippen LogP contribution in [-0.4, -0.2) is 36.2 Å². The lowest BCUT2D eigenvalue weighted by molar-refractivity contribution is -0.122. The Kier molecular flexibility index (Phi) is 5.36. The lowest BCUT2D eigenvalue weighted by Crippen LogP contribution is -2.37. The summed E-state index contributed by atoms with van der Waals surface area (Å²) in [4.78, 5) is 24.3. The zero-order chi connectivity index (χ0) is 12.7. The van der Waals surface area contributed by atoms with Gasteiger partial charge >= 0.3 is 0 Å². The molecule has 92 valence electrons. The van der Waals surface area contributed by atoms with E-state index >= 15 is 0 Å². The van der Waals surface area contributed by atoms with Gasteiger partial charge in [-0.1, -0.05) is 37.3 Å². The first kappa shape index (κ1) is 13.4. The van der Waals surface area contributed by atoms with Crippen LogP contribution in [0.25, 0.3) is 0 Å². The average Bonchev–Trinajstić information content (AvgIpc) is 2.28. The molecule has 0 fully saturated rings. The van der Waals surface area contributed by atoms with Crippen LogP contribution in [-0.2, 0) is 16.0 Å². The van der Waals surface area contributed by atoms with Crippen molar-refractivity contribution in [2.45, 2.75) is 13.3 Å². The van der Waals surface area contributed by atoms with Crippen molar-refractivity contribution >= 4 is 11.7 Å². The molecule has 0 aromatic heterocycles. The Balaban J connectivity index is 2.45. The number of ketones is 1. The van der Waals surface area contributed by atoms with Crippen molar-refractivity contribution < 1.29 is 9.59 Å². The highest BCUT2D eigenvalue weighted by Crippen LogP contribution is 2.01. The highest BCUT2D eigenvalue weighted by atomic mass is 16.1. The van der Waals surface area contributed by atoms with E-state index in [-0.39, 0.29) is 18.9 Å². The van der Waals surface area contributed by atoms with Crippen molar-refractivity contribution in [2.75, 3.05) is 19.6 Å². The molecular formula is C13H18N2O2. The van der Waals surface area contributed by atoms with Gasteiger partial charge in [0.05, 0.1) is 13.1 Å². The quantitative estimate of drug-likeness (QED) is 0.751. The number of rotatable bonds is 7. The normalized spacial score (nSPS) is 10.5. The van der Waals surface area contributed by atoms with Crippen LogP contribution in [0.4, 0.5) is 0 Å². The first-order valence-electron chi connectivity index (χ1n) is 5.68. The second-order valence-electron chi connectivity index (χ2n) is 3.97. The largest absolute Gasteiger partial charge is 0.369 e. The molecule has 0 bridgehead atoms. The minimum absolute atomic E-state index is 0.0966. The van der Waals surface area contributed by atoms with Crippen molar-refractivity contribution in [1.82, 2.24) is 4.90 Å². The molecule has 0 saturated carbocycles. The summed E-state index contributed by atoms with van der Waals surface area (Å²) in [6.07, 6.45) is 0.399. The minimum Gasteiger partial charge on any atom is -0.369 e. The van der Waals surface area contributed by atoms with E-state index in [0.29, 0.717) is 13.0 Å². The predicted molar refractivity (Wildman–Crippen MR) is 66.5 cm³/mol. The molecule has 0 unspecified atom stereocenters. The minimum atomic E-state index is -0.403. The molecule has 0 aliphatic heterocycles. The smallest absolute Gasteiger partial charge is 0.231 e. The van der Waals surface area contributed by atoms with E-state index in [1.807, 2.05) is 37.3 Å². The number of carbonyl (C=O) groups excluding carboxylic acids is 2. The zero-order valence-corrected chi connectivity index (χ0v) is 10.1. The molecule has 17 heavy (non-hydrogen) atoms. The number of hydrogen-bond donors (Lipinski definition) is 1. The standard InChI is InChI=1S/C13H18N2O2/c1-2-15(10-13(14)17)9-12(16)8-11-6-4-3-5-7-11/h3-7H,2,8-10H2,1H3,(H2,14,17). The number of carbonyl (C=O) groups is 2. The summed E-state index contributed by atoms with van der Waals surface area (Å²) in [5, 5.41) is 0. The summed E-state index contributed by atoms with van der Waals surface area (Å²) >= 11 is 0. The fraction of sp³-hybridized carbons (Fsp3) is 0.385. The summed E-state index contributed by atoms with van der Waals surface area (Å²) in [5.41, 5.74) is 6.10. The maximum Gasteiger partial charge on any atom is 0.231 e. The van der Waals surface area contributed by atoms with Crippen LogP contribution in [0.2, 0.25) is 0 Å². The topological polar surface area (TPSA) is 63.4 Å². The number of Topliss-reactive ketones (excluding diaryl/α,β-unsaturated/α-hetero) is 1. The number of nitrogens with two attached hydrogens (primary N) is 1. The SMILES string of the molecule is CCN(CC(N)=O)CC(=O)Cc1ccccc1. The molecule has 0 aliphatic carbocycles. The molecular weight excluding hydrogens is 216 g/mol. The van der Waals surface area contributed by atoms with E-state index in [1.54, 1.807) is 4.90 Å². The van der Waals surface area contributed by atoms with E-state index in [0.717, 1.165) is 5.56 Å².